The maximum atomic E-state index is 13.7. The van der Waals surface area contributed by atoms with Crippen molar-refractivity contribution in [1.29, 1.82) is 0 Å². The van der Waals surface area contributed by atoms with E-state index >= 15 is 0 Å². The third-order valence-electron chi connectivity index (χ3n) is 7.78. The van der Waals surface area contributed by atoms with Crippen LogP contribution < -0.4 is 9.64 Å². The van der Waals surface area contributed by atoms with E-state index in [-0.39, 0.29) is 17.2 Å². The van der Waals surface area contributed by atoms with Crippen LogP contribution in [-0.2, 0) is 14.9 Å². The van der Waals surface area contributed by atoms with Crippen LogP contribution >= 0.6 is 0 Å². The number of likely N-dealkylation sites (tertiary alicyclic amines) is 1. The van der Waals surface area contributed by atoms with Crippen LogP contribution in [0.5, 0.6) is 5.75 Å². The third kappa shape index (κ3) is 7.35. The average Bonchev–Trinajstić information content (AvgIpc) is 3.33. The first kappa shape index (κ1) is 32.7. The molecule has 2 aliphatic heterocycles. The van der Waals surface area contributed by atoms with Crippen molar-refractivity contribution in [2.45, 2.75) is 72.6 Å². The summed E-state index contributed by atoms with van der Waals surface area (Å²) in [5.41, 5.74) is 3.20. The van der Waals surface area contributed by atoms with E-state index in [0.29, 0.717) is 35.7 Å². The number of rotatable bonds is 4. The van der Waals surface area contributed by atoms with Crippen LogP contribution in [0, 0.1) is 0 Å². The molecule has 2 aromatic carbocycles. The van der Waals surface area contributed by atoms with Gasteiger partial charge in [-0.1, -0.05) is 62.8 Å². The summed E-state index contributed by atoms with van der Waals surface area (Å²) in [5, 5.41) is 0. The molecule has 218 valence electrons. The molecule has 0 N–H and O–H groups in total. The summed E-state index contributed by atoms with van der Waals surface area (Å²) in [6.07, 6.45) is 7.74. The van der Waals surface area contributed by atoms with Crippen molar-refractivity contribution < 1.29 is 19.1 Å². The van der Waals surface area contributed by atoms with Gasteiger partial charge in [-0.3, -0.25) is 9.59 Å². The van der Waals surface area contributed by atoms with E-state index in [1.807, 2.05) is 106 Å². The summed E-state index contributed by atoms with van der Waals surface area (Å²) < 4.78 is 10.8. The summed E-state index contributed by atoms with van der Waals surface area (Å²) in [6.45, 7) is 13.7. The Bertz CT molecular complexity index is 1180. The average molecular weight is 549 g/mol. The van der Waals surface area contributed by atoms with Gasteiger partial charge in [0, 0.05) is 30.7 Å². The molecule has 1 unspecified atom stereocenters. The molecule has 2 heterocycles. The first-order chi connectivity index (χ1) is 19.3. The number of carbonyl (C=O) groups excluding carboxylic acids is 2. The van der Waals surface area contributed by atoms with Gasteiger partial charge in [0.05, 0.1) is 25.4 Å². The minimum atomic E-state index is -0.179. The number of hydrogen-bond acceptors (Lipinski definition) is 4. The number of benzene rings is 2. The first-order valence-corrected chi connectivity index (χ1v) is 14.5. The van der Waals surface area contributed by atoms with Crippen LogP contribution in [0.1, 0.15) is 83.1 Å². The van der Waals surface area contributed by atoms with Crippen molar-refractivity contribution in [1.82, 2.24) is 4.90 Å². The second-order valence-corrected chi connectivity index (χ2v) is 9.94. The van der Waals surface area contributed by atoms with Gasteiger partial charge in [-0.15, -0.1) is 0 Å². The fourth-order valence-corrected chi connectivity index (χ4v) is 5.30. The molecule has 0 aliphatic carbocycles. The van der Waals surface area contributed by atoms with Crippen molar-refractivity contribution >= 4 is 17.5 Å². The minimum absolute atomic E-state index is 0.0321. The quantitative estimate of drug-likeness (QED) is 0.225. The molecular formula is C34H48N2O4. The lowest BCUT2D eigenvalue weighted by molar-refractivity contribution is -0.127. The maximum absolute atomic E-state index is 13.7. The molecule has 0 bridgehead atoms. The number of methoxy groups -OCH3 is 2. The van der Waals surface area contributed by atoms with Crippen molar-refractivity contribution in [3.63, 3.8) is 0 Å². The standard InChI is InChI=1S/C28H34N2O4.C4H8.C2H6/c1-20(21(2)33-3)26(31)29-17-10-9-15-28(16-18-29)19-30(24-13-7-6-12-23(24)28)27(32)22-11-5-8-14-25(22)34-4;1-3-4-2;1-2/h5-8,11-14H,9-10,15-19H2,1-4H3;3-4H,1-2H3;1-2H3/b21-20-;4-3-;. The van der Waals surface area contributed by atoms with E-state index in [1.165, 1.54) is 5.56 Å². The normalized spacial score (nSPS) is 18.8. The molecule has 40 heavy (non-hydrogen) atoms. The summed E-state index contributed by atoms with van der Waals surface area (Å²) in [7, 11) is 3.19. The van der Waals surface area contributed by atoms with Gasteiger partial charge in [0.15, 0.2) is 0 Å². The smallest absolute Gasteiger partial charge is 0.262 e. The van der Waals surface area contributed by atoms with Gasteiger partial charge in [0.1, 0.15) is 11.5 Å². The van der Waals surface area contributed by atoms with Crippen LogP contribution in [0.3, 0.4) is 0 Å². The number of fused-ring (bicyclic) bond motifs is 2. The number of allylic oxidation sites excluding steroid dienone is 3. The van der Waals surface area contributed by atoms with Crippen LogP contribution in [0.25, 0.3) is 0 Å². The van der Waals surface area contributed by atoms with Gasteiger partial charge in [-0.25, -0.2) is 0 Å². The van der Waals surface area contributed by atoms with Crippen molar-refractivity contribution in [2.75, 3.05) is 38.8 Å². The highest BCUT2D eigenvalue weighted by molar-refractivity contribution is 6.09. The number of ether oxygens (including phenoxy) is 2. The number of amides is 2. The summed E-state index contributed by atoms with van der Waals surface area (Å²) in [5.74, 6) is 1.22. The Balaban J connectivity index is 0.000000858. The highest BCUT2D eigenvalue weighted by Gasteiger charge is 2.45. The zero-order chi connectivity index (χ0) is 29.7. The Morgan fingerprint density at radius 1 is 0.875 bits per heavy atom. The van der Waals surface area contributed by atoms with Gasteiger partial charge >= 0.3 is 0 Å². The second kappa shape index (κ2) is 15.9. The Kier molecular flexibility index (Phi) is 13.0. The third-order valence-corrected chi connectivity index (χ3v) is 7.78. The predicted molar refractivity (Wildman–Crippen MR) is 165 cm³/mol. The van der Waals surface area contributed by atoms with Crippen LogP contribution in [-0.4, -0.2) is 50.6 Å². The predicted octanol–water partition coefficient (Wildman–Crippen LogP) is 7.54. The van der Waals surface area contributed by atoms with E-state index in [9.17, 15) is 9.59 Å². The van der Waals surface area contributed by atoms with Crippen molar-refractivity contribution in [3.8, 4) is 5.75 Å². The molecule has 0 radical (unpaired) electrons. The fraction of sp³-hybridized carbons (Fsp3) is 0.471. The topological polar surface area (TPSA) is 59.1 Å². The number of anilines is 1. The molecule has 2 aromatic rings. The highest BCUT2D eigenvalue weighted by atomic mass is 16.5. The summed E-state index contributed by atoms with van der Waals surface area (Å²) in [6, 6.07) is 15.6. The van der Waals surface area contributed by atoms with E-state index in [1.54, 1.807) is 14.2 Å². The Morgan fingerprint density at radius 3 is 2.17 bits per heavy atom. The minimum Gasteiger partial charge on any atom is -0.501 e. The Labute approximate surface area is 241 Å². The zero-order valence-corrected chi connectivity index (χ0v) is 25.8. The molecule has 1 saturated heterocycles. The molecule has 4 rings (SSSR count). The molecule has 2 aliphatic rings. The lowest BCUT2D eigenvalue weighted by Gasteiger charge is -2.36. The molecule has 0 saturated carbocycles. The molecule has 2 amide bonds. The maximum Gasteiger partial charge on any atom is 0.262 e. The van der Waals surface area contributed by atoms with Gasteiger partial charge < -0.3 is 19.3 Å². The van der Waals surface area contributed by atoms with E-state index < -0.39 is 0 Å². The van der Waals surface area contributed by atoms with Crippen molar-refractivity contribution in [2.24, 2.45) is 0 Å². The SMILES string of the molecule is C/C=C\C.CC.CO/C(C)=C(/C)C(=O)N1CCCCC2(CC1)CN(C(=O)c1ccccc1OC)c1ccccc12. The number of para-hydroxylation sites is 2. The van der Waals surface area contributed by atoms with E-state index in [4.69, 9.17) is 9.47 Å². The molecule has 1 atom stereocenters. The van der Waals surface area contributed by atoms with Crippen LogP contribution in [0.4, 0.5) is 5.69 Å². The molecule has 6 nitrogen and oxygen atoms in total. The Morgan fingerprint density at radius 2 is 1.52 bits per heavy atom. The van der Waals surface area contributed by atoms with Crippen LogP contribution in [0.15, 0.2) is 72.0 Å². The summed E-state index contributed by atoms with van der Waals surface area (Å²) in [4.78, 5) is 30.7. The number of carbonyl (C=O) groups is 2. The van der Waals surface area contributed by atoms with Crippen molar-refractivity contribution in [3.05, 3.63) is 83.1 Å². The van der Waals surface area contributed by atoms with E-state index in [0.717, 1.165) is 37.9 Å². The zero-order valence-electron chi connectivity index (χ0n) is 25.8. The Hall–Kier alpha value is -3.54. The molecule has 0 aromatic heterocycles. The van der Waals surface area contributed by atoms with Crippen LogP contribution in [0.2, 0.25) is 0 Å². The monoisotopic (exact) mass is 548 g/mol. The highest BCUT2D eigenvalue weighted by Crippen LogP contribution is 2.47. The molecule has 1 fully saturated rings. The first-order valence-electron chi connectivity index (χ1n) is 14.5. The number of nitrogens with zero attached hydrogens (tertiary/aromatic N) is 2. The lowest BCUT2D eigenvalue weighted by atomic mass is 9.74. The fourth-order valence-electron chi connectivity index (χ4n) is 5.30. The van der Waals surface area contributed by atoms with Gasteiger partial charge in [-0.2, -0.15) is 0 Å². The molecule has 1 spiro atoms. The summed E-state index contributed by atoms with van der Waals surface area (Å²) >= 11 is 0. The largest absolute Gasteiger partial charge is 0.501 e. The van der Waals surface area contributed by atoms with Gasteiger partial charge in [0.25, 0.3) is 11.8 Å². The molecule has 6 heteroatoms. The molecular weight excluding hydrogens is 500 g/mol. The van der Waals surface area contributed by atoms with Gasteiger partial charge in [-0.05, 0) is 70.7 Å². The van der Waals surface area contributed by atoms with Gasteiger partial charge in [0.2, 0.25) is 0 Å². The lowest BCUT2D eigenvalue weighted by Crippen LogP contribution is -2.43. The van der Waals surface area contributed by atoms with E-state index in [2.05, 4.69) is 6.07 Å². The number of hydrogen-bond donors (Lipinski definition) is 0. The second-order valence-electron chi connectivity index (χ2n) is 9.94.